The zero-order valence-corrected chi connectivity index (χ0v) is 8.23. The molecule has 1 aromatic heterocycles. The number of carbonyl (C=O) groups excluding carboxylic acids is 1. The third kappa shape index (κ3) is 1.74. The van der Waals surface area contributed by atoms with E-state index in [1.165, 1.54) is 12.3 Å². The molecule has 2 aromatic rings. The maximum atomic E-state index is 11.8. The van der Waals surface area contributed by atoms with Crippen molar-refractivity contribution in [2.75, 3.05) is 0 Å². The van der Waals surface area contributed by atoms with E-state index in [0.29, 0.717) is 5.56 Å². The molecule has 1 aromatic carbocycles. The molecular formula is C11H10N2O2. The highest BCUT2D eigenvalue weighted by molar-refractivity contribution is 5.95. The van der Waals surface area contributed by atoms with Gasteiger partial charge in [-0.25, -0.2) is 0 Å². The molecule has 0 saturated heterocycles. The second-order valence-electron chi connectivity index (χ2n) is 3.31. The van der Waals surface area contributed by atoms with E-state index in [0.717, 1.165) is 10.2 Å². The summed E-state index contributed by atoms with van der Waals surface area (Å²) in [7, 11) is 0. The molecule has 2 rings (SSSR count). The fraction of sp³-hybridized carbons (Fsp3) is 0.0909. The van der Waals surface area contributed by atoms with E-state index in [-0.39, 0.29) is 11.5 Å². The monoisotopic (exact) mass is 202 g/mol. The fourth-order valence-electron chi connectivity index (χ4n) is 1.31. The summed E-state index contributed by atoms with van der Waals surface area (Å²) in [5.74, 6) is -0.343. The molecule has 0 fully saturated rings. The van der Waals surface area contributed by atoms with Gasteiger partial charge >= 0.3 is 0 Å². The molecule has 0 aliphatic heterocycles. The van der Waals surface area contributed by atoms with Gasteiger partial charge in [-0.15, -0.1) is 0 Å². The summed E-state index contributed by atoms with van der Waals surface area (Å²) in [4.78, 5) is 23.0. The second kappa shape index (κ2) is 3.57. The van der Waals surface area contributed by atoms with Crippen molar-refractivity contribution in [2.45, 2.75) is 6.92 Å². The van der Waals surface area contributed by atoms with Crippen LogP contribution in [0.3, 0.4) is 0 Å². The molecule has 0 radical (unpaired) electrons. The average Bonchev–Trinajstić information content (AvgIpc) is 2.65. The van der Waals surface area contributed by atoms with E-state index in [1.807, 2.05) is 19.1 Å². The Kier molecular flexibility index (Phi) is 2.25. The Hall–Kier alpha value is -2.10. The van der Waals surface area contributed by atoms with Gasteiger partial charge in [0.2, 0.25) is 0 Å². The first kappa shape index (κ1) is 9.45. The Balaban J connectivity index is 2.41. The lowest BCUT2D eigenvalue weighted by Gasteiger charge is -2.00. The van der Waals surface area contributed by atoms with Crippen LogP contribution in [-0.4, -0.2) is 15.7 Å². The van der Waals surface area contributed by atoms with Crippen LogP contribution in [0.25, 0.3) is 0 Å². The van der Waals surface area contributed by atoms with Crippen LogP contribution in [-0.2, 0) is 0 Å². The molecule has 1 heterocycles. The predicted molar refractivity (Wildman–Crippen MR) is 56.0 cm³/mol. The van der Waals surface area contributed by atoms with Crippen molar-refractivity contribution in [1.29, 1.82) is 0 Å². The molecular weight excluding hydrogens is 192 g/mol. The van der Waals surface area contributed by atoms with Crippen molar-refractivity contribution in [3.63, 3.8) is 0 Å². The number of aromatic nitrogens is 2. The van der Waals surface area contributed by atoms with Gasteiger partial charge in [0.15, 0.2) is 0 Å². The van der Waals surface area contributed by atoms with Crippen LogP contribution in [0.15, 0.2) is 41.3 Å². The standard InChI is InChI=1S/C11H10N2O2/c1-8-2-4-9(5-3-8)11(15)13-10(14)6-7-12-13/h2-7,12H,1H3. The molecule has 4 heteroatoms. The first-order chi connectivity index (χ1) is 7.18. The smallest absolute Gasteiger partial charge is 0.279 e. The van der Waals surface area contributed by atoms with E-state index in [1.54, 1.807) is 12.1 Å². The molecule has 15 heavy (non-hydrogen) atoms. The minimum atomic E-state index is -0.347. The van der Waals surface area contributed by atoms with E-state index in [9.17, 15) is 9.59 Å². The van der Waals surface area contributed by atoms with E-state index >= 15 is 0 Å². The number of carbonyl (C=O) groups is 1. The van der Waals surface area contributed by atoms with Crippen molar-refractivity contribution in [1.82, 2.24) is 9.78 Å². The van der Waals surface area contributed by atoms with Gasteiger partial charge in [-0.1, -0.05) is 17.7 Å². The van der Waals surface area contributed by atoms with Crippen molar-refractivity contribution < 1.29 is 4.79 Å². The van der Waals surface area contributed by atoms with Crippen LogP contribution >= 0.6 is 0 Å². The number of hydrogen-bond acceptors (Lipinski definition) is 2. The van der Waals surface area contributed by atoms with E-state index < -0.39 is 0 Å². The first-order valence-electron chi connectivity index (χ1n) is 4.56. The Bertz CT molecular complexity index is 534. The molecule has 0 atom stereocenters. The van der Waals surface area contributed by atoms with Crippen LogP contribution in [0.5, 0.6) is 0 Å². The Morgan fingerprint density at radius 2 is 1.87 bits per heavy atom. The lowest BCUT2D eigenvalue weighted by atomic mass is 10.1. The highest BCUT2D eigenvalue weighted by atomic mass is 16.2. The number of hydrogen-bond donors (Lipinski definition) is 1. The highest BCUT2D eigenvalue weighted by Gasteiger charge is 2.09. The predicted octanol–water partition coefficient (Wildman–Crippen LogP) is 1.17. The normalized spacial score (nSPS) is 10.2. The Labute approximate surface area is 86.1 Å². The summed E-state index contributed by atoms with van der Waals surface area (Å²) in [6.45, 7) is 1.94. The number of rotatable bonds is 1. The van der Waals surface area contributed by atoms with Gasteiger partial charge in [-0.05, 0) is 19.1 Å². The lowest BCUT2D eigenvalue weighted by molar-refractivity contribution is 0.0941. The minimum absolute atomic E-state index is 0.343. The summed E-state index contributed by atoms with van der Waals surface area (Å²) >= 11 is 0. The zero-order chi connectivity index (χ0) is 10.8. The number of nitrogens with one attached hydrogen (secondary N) is 1. The molecule has 0 amide bonds. The lowest BCUT2D eigenvalue weighted by Crippen LogP contribution is -2.24. The van der Waals surface area contributed by atoms with Gasteiger partial charge in [-0.2, -0.15) is 4.68 Å². The summed E-state index contributed by atoms with van der Waals surface area (Å²) in [5.41, 5.74) is 1.22. The van der Waals surface area contributed by atoms with Gasteiger partial charge in [0.05, 0.1) is 0 Å². The Morgan fingerprint density at radius 1 is 1.20 bits per heavy atom. The number of aromatic amines is 1. The average molecular weight is 202 g/mol. The largest absolute Gasteiger partial charge is 0.295 e. The Morgan fingerprint density at radius 3 is 2.40 bits per heavy atom. The van der Waals surface area contributed by atoms with Crippen LogP contribution in [0.4, 0.5) is 0 Å². The molecule has 0 bridgehead atoms. The maximum absolute atomic E-state index is 11.8. The summed E-state index contributed by atoms with van der Waals surface area (Å²) in [5, 5.41) is 2.57. The quantitative estimate of drug-likeness (QED) is 0.754. The van der Waals surface area contributed by atoms with E-state index in [4.69, 9.17) is 0 Å². The molecule has 0 unspecified atom stereocenters. The van der Waals surface area contributed by atoms with Crippen molar-refractivity contribution in [3.05, 3.63) is 58.0 Å². The summed E-state index contributed by atoms with van der Waals surface area (Å²) in [6, 6.07) is 8.38. The van der Waals surface area contributed by atoms with Gasteiger partial charge < -0.3 is 0 Å². The maximum Gasteiger partial charge on any atom is 0.279 e. The molecule has 0 aliphatic rings. The first-order valence-corrected chi connectivity index (χ1v) is 4.56. The van der Waals surface area contributed by atoms with Crippen LogP contribution < -0.4 is 5.56 Å². The third-order valence-electron chi connectivity index (χ3n) is 2.15. The number of benzene rings is 1. The van der Waals surface area contributed by atoms with Gasteiger partial charge in [0, 0.05) is 17.8 Å². The van der Waals surface area contributed by atoms with Crippen LogP contribution in [0, 0.1) is 6.92 Å². The van der Waals surface area contributed by atoms with Crippen LogP contribution in [0.2, 0.25) is 0 Å². The van der Waals surface area contributed by atoms with Crippen molar-refractivity contribution >= 4 is 5.91 Å². The number of aryl methyl sites for hydroxylation is 1. The fourth-order valence-corrected chi connectivity index (χ4v) is 1.31. The highest BCUT2D eigenvalue weighted by Crippen LogP contribution is 2.03. The molecule has 0 saturated carbocycles. The van der Waals surface area contributed by atoms with E-state index in [2.05, 4.69) is 5.10 Å². The number of H-pyrrole nitrogens is 1. The topological polar surface area (TPSA) is 54.9 Å². The molecule has 1 N–H and O–H groups in total. The van der Waals surface area contributed by atoms with Gasteiger partial charge in [0.25, 0.3) is 11.5 Å². The molecule has 0 spiro atoms. The molecule has 76 valence electrons. The zero-order valence-electron chi connectivity index (χ0n) is 8.23. The van der Waals surface area contributed by atoms with Crippen molar-refractivity contribution in [3.8, 4) is 0 Å². The van der Waals surface area contributed by atoms with Gasteiger partial charge in [-0.3, -0.25) is 14.7 Å². The summed E-state index contributed by atoms with van der Waals surface area (Å²) < 4.78 is 0.977. The van der Waals surface area contributed by atoms with Gasteiger partial charge in [0.1, 0.15) is 0 Å². The van der Waals surface area contributed by atoms with Crippen LogP contribution in [0.1, 0.15) is 15.9 Å². The third-order valence-corrected chi connectivity index (χ3v) is 2.15. The minimum Gasteiger partial charge on any atom is -0.295 e. The SMILES string of the molecule is Cc1ccc(C(=O)n2[nH]ccc2=O)cc1. The van der Waals surface area contributed by atoms with Crippen molar-refractivity contribution in [2.24, 2.45) is 0 Å². The molecule has 4 nitrogen and oxygen atoms in total. The summed E-state index contributed by atoms with van der Waals surface area (Å²) in [6.07, 6.45) is 1.44. The molecule has 0 aliphatic carbocycles. The second-order valence-corrected chi connectivity index (χ2v) is 3.31. The number of nitrogens with zero attached hydrogens (tertiary/aromatic N) is 1.